The maximum atomic E-state index is 11.9. The fourth-order valence-electron chi connectivity index (χ4n) is 1.49. The van der Waals surface area contributed by atoms with Gasteiger partial charge in [-0.25, -0.2) is 0 Å². The molecule has 0 radical (unpaired) electrons. The number of hydrogen-bond acceptors (Lipinski definition) is 5. The first-order valence-electron chi connectivity index (χ1n) is 5.16. The normalized spacial score (nSPS) is 10.2. The van der Waals surface area contributed by atoms with E-state index in [1.165, 1.54) is 13.0 Å². The molecule has 0 saturated carbocycles. The fraction of sp³-hybridized carbons (Fsp3) is 0.0909. The molecule has 0 atom stereocenters. The van der Waals surface area contributed by atoms with Crippen molar-refractivity contribution in [2.75, 3.05) is 5.32 Å². The van der Waals surface area contributed by atoms with Crippen molar-refractivity contribution in [1.29, 1.82) is 0 Å². The molecule has 1 N–H and O–H groups in total. The Hall–Kier alpha value is -2.41. The summed E-state index contributed by atoms with van der Waals surface area (Å²) >= 11 is 5.77. The first kappa shape index (κ1) is 13.0. The van der Waals surface area contributed by atoms with Crippen LogP contribution in [0.1, 0.15) is 16.2 Å². The first-order chi connectivity index (χ1) is 8.99. The van der Waals surface area contributed by atoms with Crippen molar-refractivity contribution < 1.29 is 14.2 Å². The Morgan fingerprint density at radius 2 is 2.26 bits per heavy atom. The molecule has 0 aliphatic rings. The highest BCUT2D eigenvalue weighted by atomic mass is 35.5. The molecule has 7 nitrogen and oxygen atoms in total. The highest BCUT2D eigenvalue weighted by molar-refractivity contribution is 6.31. The van der Waals surface area contributed by atoms with Crippen LogP contribution in [0, 0.1) is 17.0 Å². The standard InChI is InChI=1S/C11H8ClN3O4/c1-6-10(15(17)18)9(14-19-6)11(16)13-8-4-2-3-7(12)5-8/h2-5H,1H3,(H,13,16). The average Bonchev–Trinajstić information content (AvgIpc) is 2.71. The molecular formula is C11H8ClN3O4. The van der Waals surface area contributed by atoms with Crippen molar-refractivity contribution in [2.45, 2.75) is 6.92 Å². The number of carbonyl (C=O) groups is 1. The summed E-state index contributed by atoms with van der Waals surface area (Å²) in [5.41, 5.74) is -0.408. The van der Waals surface area contributed by atoms with Gasteiger partial charge in [-0.15, -0.1) is 0 Å². The molecule has 8 heteroatoms. The van der Waals surface area contributed by atoms with Gasteiger partial charge in [0.2, 0.25) is 11.5 Å². The number of nitro groups is 1. The van der Waals surface area contributed by atoms with Crippen molar-refractivity contribution in [1.82, 2.24) is 5.16 Å². The van der Waals surface area contributed by atoms with Gasteiger partial charge in [0.05, 0.1) is 4.92 Å². The molecule has 0 spiro atoms. The Kier molecular flexibility index (Phi) is 3.48. The molecule has 1 aromatic carbocycles. The maximum absolute atomic E-state index is 11.9. The van der Waals surface area contributed by atoms with Crippen molar-refractivity contribution >= 4 is 28.9 Å². The summed E-state index contributed by atoms with van der Waals surface area (Å²) in [5, 5.41) is 17.1. The third-order valence-electron chi connectivity index (χ3n) is 2.31. The summed E-state index contributed by atoms with van der Waals surface area (Å²) in [5.74, 6) is -0.757. The van der Waals surface area contributed by atoms with Gasteiger partial charge in [-0.2, -0.15) is 0 Å². The highest BCUT2D eigenvalue weighted by Gasteiger charge is 2.29. The third-order valence-corrected chi connectivity index (χ3v) is 2.55. The quantitative estimate of drug-likeness (QED) is 0.689. The Balaban J connectivity index is 2.28. The van der Waals surface area contributed by atoms with Crippen LogP contribution in [0.3, 0.4) is 0 Å². The number of hydrogen-bond donors (Lipinski definition) is 1. The summed E-state index contributed by atoms with van der Waals surface area (Å²) in [7, 11) is 0. The molecule has 1 heterocycles. The lowest BCUT2D eigenvalue weighted by Gasteiger charge is -2.02. The smallest absolute Gasteiger partial charge is 0.344 e. The van der Waals surface area contributed by atoms with Crippen molar-refractivity contribution in [3.63, 3.8) is 0 Å². The second-order valence-corrected chi connectivity index (χ2v) is 4.09. The van der Waals surface area contributed by atoms with Crippen LogP contribution >= 0.6 is 11.6 Å². The largest absolute Gasteiger partial charge is 0.353 e. The van der Waals surface area contributed by atoms with Crippen molar-refractivity contribution in [3.8, 4) is 0 Å². The number of amides is 1. The minimum Gasteiger partial charge on any atom is -0.353 e. The van der Waals surface area contributed by atoms with Crippen LogP contribution < -0.4 is 5.32 Å². The Morgan fingerprint density at radius 3 is 2.89 bits per heavy atom. The van der Waals surface area contributed by atoms with Crippen LogP contribution in [0.15, 0.2) is 28.8 Å². The lowest BCUT2D eigenvalue weighted by atomic mass is 10.2. The predicted molar refractivity (Wildman–Crippen MR) is 67.3 cm³/mol. The summed E-state index contributed by atoms with van der Waals surface area (Å²) in [4.78, 5) is 22.0. The van der Waals surface area contributed by atoms with Crippen molar-refractivity contribution in [2.24, 2.45) is 0 Å². The molecule has 2 rings (SSSR count). The van der Waals surface area contributed by atoms with Gasteiger partial charge in [0, 0.05) is 17.6 Å². The molecule has 19 heavy (non-hydrogen) atoms. The molecule has 0 unspecified atom stereocenters. The van der Waals surface area contributed by atoms with Gasteiger partial charge >= 0.3 is 5.69 Å². The minimum atomic E-state index is -0.731. The van der Waals surface area contributed by atoms with Gasteiger partial charge in [-0.05, 0) is 18.2 Å². The van der Waals surface area contributed by atoms with Gasteiger partial charge in [0.1, 0.15) is 0 Å². The van der Waals surface area contributed by atoms with Gasteiger partial charge in [0.15, 0.2) is 0 Å². The predicted octanol–water partition coefficient (Wildman–Crippen LogP) is 2.80. The Bertz CT molecular complexity index is 653. The lowest BCUT2D eigenvalue weighted by molar-refractivity contribution is -0.386. The van der Waals surface area contributed by atoms with E-state index in [0.29, 0.717) is 10.7 Å². The zero-order valence-corrected chi connectivity index (χ0v) is 10.5. The molecule has 0 bridgehead atoms. The van der Waals surface area contributed by atoms with E-state index in [1.54, 1.807) is 18.2 Å². The summed E-state index contributed by atoms with van der Waals surface area (Å²) in [6.07, 6.45) is 0. The molecule has 0 fully saturated rings. The number of benzene rings is 1. The van der Waals surface area contributed by atoms with Crippen molar-refractivity contribution in [3.05, 3.63) is 50.9 Å². The number of rotatable bonds is 3. The van der Waals surface area contributed by atoms with Gasteiger partial charge < -0.3 is 9.84 Å². The van der Waals surface area contributed by atoms with Crippen LogP contribution in [0.4, 0.5) is 11.4 Å². The molecule has 1 aromatic heterocycles. The molecule has 2 aromatic rings. The maximum Gasteiger partial charge on any atom is 0.344 e. The number of nitrogens with zero attached hydrogens (tertiary/aromatic N) is 2. The average molecular weight is 282 g/mol. The molecule has 0 saturated heterocycles. The van der Waals surface area contributed by atoms with Gasteiger partial charge in [-0.3, -0.25) is 14.9 Å². The van der Waals surface area contributed by atoms with E-state index in [9.17, 15) is 14.9 Å². The van der Waals surface area contributed by atoms with Crippen LogP contribution in [-0.4, -0.2) is 16.0 Å². The van der Waals surface area contributed by atoms with Crippen LogP contribution in [0.5, 0.6) is 0 Å². The zero-order chi connectivity index (χ0) is 14.0. The van der Waals surface area contributed by atoms with E-state index in [0.717, 1.165) is 0 Å². The number of nitrogens with one attached hydrogen (secondary N) is 1. The van der Waals surface area contributed by atoms with Crippen LogP contribution in [-0.2, 0) is 0 Å². The molecule has 98 valence electrons. The minimum absolute atomic E-state index is 0.0266. The zero-order valence-electron chi connectivity index (χ0n) is 9.71. The Morgan fingerprint density at radius 1 is 1.53 bits per heavy atom. The van der Waals surface area contributed by atoms with E-state index in [2.05, 4.69) is 15.0 Å². The lowest BCUT2D eigenvalue weighted by Crippen LogP contribution is -2.14. The number of aromatic nitrogens is 1. The fourth-order valence-corrected chi connectivity index (χ4v) is 1.68. The van der Waals surface area contributed by atoms with E-state index in [-0.39, 0.29) is 11.5 Å². The summed E-state index contributed by atoms with van der Waals surface area (Å²) in [6.45, 7) is 1.36. The second kappa shape index (κ2) is 5.07. The molecule has 1 amide bonds. The van der Waals surface area contributed by atoms with Gasteiger partial charge in [0.25, 0.3) is 5.91 Å². The van der Waals surface area contributed by atoms with Crippen LogP contribution in [0.25, 0.3) is 0 Å². The number of aryl methyl sites for hydroxylation is 1. The first-order valence-corrected chi connectivity index (χ1v) is 5.54. The van der Waals surface area contributed by atoms with Crippen LogP contribution in [0.2, 0.25) is 5.02 Å². The number of carbonyl (C=O) groups excluding carboxylic acids is 1. The second-order valence-electron chi connectivity index (χ2n) is 3.66. The number of anilines is 1. The summed E-state index contributed by atoms with van der Waals surface area (Å²) < 4.78 is 4.66. The van der Waals surface area contributed by atoms with E-state index >= 15 is 0 Å². The Labute approximate surface area is 112 Å². The monoisotopic (exact) mass is 281 g/mol. The van der Waals surface area contributed by atoms with E-state index in [1.807, 2.05) is 0 Å². The summed E-state index contributed by atoms with van der Waals surface area (Å²) in [6, 6.07) is 6.39. The molecule has 0 aliphatic heterocycles. The molecular weight excluding hydrogens is 274 g/mol. The topological polar surface area (TPSA) is 98.3 Å². The highest BCUT2D eigenvalue weighted by Crippen LogP contribution is 2.23. The van der Waals surface area contributed by atoms with E-state index < -0.39 is 16.5 Å². The third kappa shape index (κ3) is 2.71. The van der Waals surface area contributed by atoms with Gasteiger partial charge in [-0.1, -0.05) is 22.8 Å². The SMILES string of the molecule is Cc1onc(C(=O)Nc2cccc(Cl)c2)c1[N+](=O)[O-]. The molecule has 0 aliphatic carbocycles. The van der Waals surface area contributed by atoms with E-state index in [4.69, 9.17) is 11.6 Å². The number of halogens is 1.